The molecule has 0 spiro atoms. The first-order valence-electron chi connectivity index (χ1n) is 5.92. The number of carbonyl (C=O) groups excluding carboxylic acids is 1. The number of amides is 1. The molecular weight excluding hydrogens is 338 g/mol. The number of fused-ring (bicyclic) bond motifs is 1. The largest absolute Gasteiger partial charge is 0.298 e. The van der Waals surface area contributed by atoms with Crippen molar-refractivity contribution in [1.82, 2.24) is 9.97 Å². The van der Waals surface area contributed by atoms with E-state index in [-0.39, 0.29) is 5.91 Å². The molecule has 0 aliphatic carbocycles. The summed E-state index contributed by atoms with van der Waals surface area (Å²) in [6.07, 6.45) is 1.58. The smallest absolute Gasteiger partial charge is 0.257 e. The predicted molar refractivity (Wildman–Crippen MR) is 84.2 cm³/mol. The van der Waals surface area contributed by atoms with Crippen LogP contribution in [-0.4, -0.2) is 15.9 Å². The van der Waals surface area contributed by atoms with E-state index in [9.17, 15) is 4.79 Å². The number of nitrogens with zero attached hydrogens (tertiary/aromatic N) is 2. The maximum atomic E-state index is 12.1. The number of halogens is 1. The molecule has 4 nitrogen and oxygen atoms in total. The van der Waals surface area contributed by atoms with Gasteiger partial charge in [-0.05, 0) is 52.7 Å². The summed E-state index contributed by atoms with van der Waals surface area (Å²) in [5.74, 6) is -0.191. The molecule has 2 heterocycles. The predicted octanol–water partition coefficient (Wildman–Crippen LogP) is 4.01. The highest BCUT2D eigenvalue weighted by molar-refractivity contribution is 9.10. The van der Waals surface area contributed by atoms with Crippen LogP contribution in [0.3, 0.4) is 0 Å². The van der Waals surface area contributed by atoms with Crippen molar-refractivity contribution < 1.29 is 4.79 Å². The number of hydrogen-bond donors (Lipinski definition) is 1. The van der Waals surface area contributed by atoms with Gasteiger partial charge in [0, 0.05) is 11.8 Å². The molecule has 0 unspecified atom stereocenters. The lowest BCUT2D eigenvalue weighted by atomic mass is 10.2. The molecule has 100 valence electrons. The molecular formula is C14H10BrN3OS. The van der Waals surface area contributed by atoms with Crippen molar-refractivity contribution in [3.8, 4) is 0 Å². The lowest BCUT2D eigenvalue weighted by molar-refractivity contribution is 0.102. The second kappa shape index (κ2) is 5.30. The van der Waals surface area contributed by atoms with Crippen molar-refractivity contribution in [3.05, 3.63) is 52.3 Å². The van der Waals surface area contributed by atoms with Crippen molar-refractivity contribution in [1.29, 1.82) is 0 Å². The van der Waals surface area contributed by atoms with Crippen LogP contribution in [0.25, 0.3) is 10.2 Å². The first-order chi connectivity index (χ1) is 9.61. The van der Waals surface area contributed by atoms with Crippen molar-refractivity contribution >= 4 is 48.5 Å². The van der Waals surface area contributed by atoms with E-state index in [0.717, 1.165) is 10.2 Å². The fourth-order valence-corrected chi connectivity index (χ4v) is 3.12. The second-order valence-corrected chi connectivity index (χ2v) is 6.15. The van der Waals surface area contributed by atoms with Gasteiger partial charge in [-0.3, -0.25) is 10.1 Å². The van der Waals surface area contributed by atoms with Crippen LogP contribution >= 0.6 is 27.3 Å². The van der Waals surface area contributed by atoms with Crippen LogP contribution in [0.5, 0.6) is 0 Å². The van der Waals surface area contributed by atoms with Gasteiger partial charge in [0.1, 0.15) is 4.60 Å². The molecule has 0 saturated heterocycles. The highest BCUT2D eigenvalue weighted by Crippen LogP contribution is 2.27. The topological polar surface area (TPSA) is 54.9 Å². The average molecular weight is 348 g/mol. The third-order valence-corrected chi connectivity index (χ3v) is 4.12. The molecule has 3 rings (SSSR count). The Morgan fingerprint density at radius 1 is 1.30 bits per heavy atom. The SMILES string of the molecule is Cc1ccc2nc(NC(=O)c3ccnc(Br)c3)sc2c1. The van der Waals surface area contributed by atoms with Crippen molar-refractivity contribution in [3.63, 3.8) is 0 Å². The van der Waals surface area contributed by atoms with Crippen LogP contribution in [0.2, 0.25) is 0 Å². The molecule has 0 saturated carbocycles. The van der Waals surface area contributed by atoms with Gasteiger partial charge in [0.2, 0.25) is 0 Å². The molecule has 0 aliphatic heterocycles. The van der Waals surface area contributed by atoms with E-state index in [1.165, 1.54) is 16.9 Å². The maximum Gasteiger partial charge on any atom is 0.257 e. The monoisotopic (exact) mass is 347 g/mol. The molecule has 6 heteroatoms. The van der Waals surface area contributed by atoms with Crippen molar-refractivity contribution in [2.45, 2.75) is 6.92 Å². The van der Waals surface area contributed by atoms with E-state index in [1.807, 2.05) is 19.1 Å². The normalized spacial score (nSPS) is 10.7. The number of anilines is 1. The van der Waals surface area contributed by atoms with E-state index in [1.54, 1.807) is 18.3 Å². The second-order valence-electron chi connectivity index (χ2n) is 4.31. The first kappa shape index (κ1) is 13.2. The fraction of sp³-hybridized carbons (Fsp3) is 0.0714. The summed E-state index contributed by atoms with van der Waals surface area (Å²) < 4.78 is 1.70. The lowest BCUT2D eigenvalue weighted by Crippen LogP contribution is -2.11. The van der Waals surface area contributed by atoms with Crippen LogP contribution in [0.1, 0.15) is 15.9 Å². The molecule has 0 radical (unpaired) electrons. The van der Waals surface area contributed by atoms with Crippen molar-refractivity contribution in [2.24, 2.45) is 0 Å². The molecule has 0 fully saturated rings. The van der Waals surface area contributed by atoms with Crippen LogP contribution in [-0.2, 0) is 0 Å². The van der Waals surface area contributed by atoms with Gasteiger partial charge >= 0.3 is 0 Å². The minimum atomic E-state index is -0.191. The van der Waals surface area contributed by atoms with Crippen molar-refractivity contribution in [2.75, 3.05) is 5.32 Å². The summed E-state index contributed by atoms with van der Waals surface area (Å²) in [4.78, 5) is 20.5. The van der Waals surface area contributed by atoms with Gasteiger partial charge in [0.15, 0.2) is 5.13 Å². The third-order valence-electron chi connectivity index (χ3n) is 2.75. The molecule has 1 amide bonds. The maximum absolute atomic E-state index is 12.1. The van der Waals surface area contributed by atoms with E-state index >= 15 is 0 Å². The Kier molecular flexibility index (Phi) is 3.50. The van der Waals surface area contributed by atoms with E-state index in [4.69, 9.17) is 0 Å². The number of carbonyl (C=O) groups is 1. The van der Waals surface area contributed by atoms with E-state index < -0.39 is 0 Å². The van der Waals surface area contributed by atoms with Gasteiger partial charge < -0.3 is 0 Å². The summed E-state index contributed by atoms with van der Waals surface area (Å²) in [6.45, 7) is 2.03. The number of aromatic nitrogens is 2. The summed E-state index contributed by atoms with van der Waals surface area (Å²) >= 11 is 4.72. The summed E-state index contributed by atoms with van der Waals surface area (Å²) in [5.41, 5.74) is 2.62. The number of aryl methyl sites for hydroxylation is 1. The number of nitrogens with one attached hydrogen (secondary N) is 1. The average Bonchev–Trinajstić information content (AvgIpc) is 2.80. The molecule has 1 N–H and O–H groups in total. The zero-order valence-electron chi connectivity index (χ0n) is 10.6. The van der Waals surface area contributed by atoms with Gasteiger partial charge in [-0.15, -0.1) is 0 Å². The first-order valence-corrected chi connectivity index (χ1v) is 7.53. The Morgan fingerprint density at radius 3 is 2.95 bits per heavy atom. The highest BCUT2D eigenvalue weighted by Gasteiger charge is 2.10. The number of rotatable bonds is 2. The summed E-state index contributed by atoms with van der Waals surface area (Å²) in [5, 5.41) is 3.41. The van der Waals surface area contributed by atoms with Gasteiger partial charge in [-0.25, -0.2) is 9.97 Å². The number of hydrogen-bond acceptors (Lipinski definition) is 4. The lowest BCUT2D eigenvalue weighted by Gasteiger charge is -2.01. The van der Waals surface area contributed by atoms with Crippen LogP contribution < -0.4 is 5.32 Å². The number of thiazole rings is 1. The third kappa shape index (κ3) is 2.71. The zero-order valence-corrected chi connectivity index (χ0v) is 13.0. The number of benzene rings is 1. The van der Waals surface area contributed by atoms with E-state index in [2.05, 4.69) is 37.3 Å². The Morgan fingerprint density at radius 2 is 2.15 bits per heavy atom. The Bertz CT molecular complexity index is 800. The van der Waals surface area contributed by atoms with Gasteiger partial charge in [-0.2, -0.15) is 0 Å². The fourth-order valence-electron chi connectivity index (χ4n) is 1.80. The standard InChI is InChI=1S/C14H10BrN3OS/c1-8-2-3-10-11(6-8)20-14(17-10)18-13(19)9-4-5-16-12(15)7-9/h2-7H,1H3,(H,17,18,19). The minimum absolute atomic E-state index is 0.191. The molecule has 2 aromatic heterocycles. The summed E-state index contributed by atoms with van der Waals surface area (Å²) in [6, 6.07) is 9.36. The molecule has 3 aromatic rings. The van der Waals surface area contributed by atoms with Crippen LogP contribution in [0.15, 0.2) is 41.1 Å². The number of pyridine rings is 1. The van der Waals surface area contributed by atoms with Crippen LogP contribution in [0.4, 0.5) is 5.13 Å². The minimum Gasteiger partial charge on any atom is -0.298 e. The Hall–Kier alpha value is -1.79. The molecule has 0 bridgehead atoms. The highest BCUT2D eigenvalue weighted by atomic mass is 79.9. The summed E-state index contributed by atoms with van der Waals surface area (Å²) in [7, 11) is 0. The molecule has 20 heavy (non-hydrogen) atoms. The van der Waals surface area contributed by atoms with Gasteiger partial charge in [-0.1, -0.05) is 17.4 Å². The quantitative estimate of drug-likeness (QED) is 0.712. The van der Waals surface area contributed by atoms with Gasteiger partial charge in [0.05, 0.1) is 10.2 Å². The molecule has 0 aliphatic rings. The Labute approximate surface area is 128 Å². The molecule has 1 aromatic carbocycles. The van der Waals surface area contributed by atoms with Gasteiger partial charge in [0.25, 0.3) is 5.91 Å². The Balaban J connectivity index is 1.87. The zero-order chi connectivity index (χ0) is 14.1. The van der Waals surface area contributed by atoms with Crippen LogP contribution in [0, 0.1) is 6.92 Å². The van der Waals surface area contributed by atoms with E-state index in [0.29, 0.717) is 15.3 Å². The molecule has 0 atom stereocenters.